The molecule has 0 saturated carbocycles. The van der Waals surface area contributed by atoms with Crippen molar-refractivity contribution >= 4 is 44.9 Å². The monoisotopic (exact) mass is 474 g/mol. The van der Waals surface area contributed by atoms with Crippen LogP contribution in [0.15, 0.2) is 40.6 Å². The van der Waals surface area contributed by atoms with Crippen LogP contribution in [0.3, 0.4) is 0 Å². The van der Waals surface area contributed by atoms with Gasteiger partial charge in [-0.1, -0.05) is 17.7 Å². The molecular formula is C18H20ClFN4O4S2. The second kappa shape index (κ2) is 9.29. The first-order valence-electron chi connectivity index (χ1n) is 9.01. The first-order valence-corrected chi connectivity index (χ1v) is 11.7. The Morgan fingerprint density at radius 3 is 2.50 bits per heavy atom. The Hall–Kier alpha value is -2.21. The molecule has 162 valence electrons. The van der Waals surface area contributed by atoms with Gasteiger partial charge in [-0.25, -0.2) is 17.6 Å². The molecule has 1 fully saturated rings. The van der Waals surface area contributed by atoms with Gasteiger partial charge in [-0.3, -0.25) is 4.79 Å². The van der Waals surface area contributed by atoms with Crippen molar-refractivity contribution in [3.8, 4) is 0 Å². The molecule has 3 N–H and O–H groups in total. The van der Waals surface area contributed by atoms with Crippen LogP contribution in [0.5, 0.6) is 0 Å². The third-order valence-corrected chi connectivity index (χ3v) is 7.87. The summed E-state index contributed by atoms with van der Waals surface area (Å²) in [5.41, 5.74) is 5.22. The van der Waals surface area contributed by atoms with Gasteiger partial charge in [0.25, 0.3) is 0 Å². The van der Waals surface area contributed by atoms with Crippen LogP contribution < -0.4 is 11.1 Å². The lowest BCUT2D eigenvalue weighted by Gasteiger charge is -2.34. The minimum absolute atomic E-state index is 0.0176. The number of nitrogens with zero attached hydrogens (tertiary/aromatic N) is 2. The largest absolute Gasteiger partial charge is 0.352 e. The number of carbonyl (C=O) groups is 2. The van der Waals surface area contributed by atoms with E-state index in [9.17, 15) is 22.4 Å². The normalized spacial score (nSPS) is 16.3. The van der Waals surface area contributed by atoms with Gasteiger partial charge >= 0.3 is 6.03 Å². The lowest BCUT2D eigenvalue weighted by Crippen LogP contribution is -2.51. The quantitative estimate of drug-likeness (QED) is 0.668. The number of thiophene rings is 1. The summed E-state index contributed by atoms with van der Waals surface area (Å²) in [5.74, 6) is -0.917. The minimum Gasteiger partial charge on any atom is -0.352 e. The molecule has 3 rings (SSSR count). The summed E-state index contributed by atoms with van der Waals surface area (Å²) in [4.78, 5) is 26.2. The molecule has 1 unspecified atom stereocenters. The first-order chi connectivity index (χ1) is 14.2. The highest BCUT2D eigenvalue weighted by molar-refractivity contribution is 7.89. The molecule has 1 aromatic heterocycles. The van der Waals surface area contributed by atoms with Crippen LogP contribution in [0.2, 0.25) is 5.02 Å². The average Bonchev–Trinajstić information content (AvgIpc) is 3.24. The van der Waals surface area contributed by atoms with Crippen molar-refractivity contribution in [3.05, 3.63) is 51.4 Å². The maximum atomic E-state index is 13.3. The van der Waals surface area contributed by atoms with E-state index in [0.717, 1.165) is 23.1 Å². The van der Waals surface area contributed by atoms with Crippen molar-refractivity contribution in [1.29, 1.82) is 0 Å². The van der Waals surface area contributed by atoms with Gasteiger partial charge in [-0.05, 0) is 29.6 Å². The summed E-state index contributed by atoms with van der Waals surface area (Å²) < 4.78 is 40.1. The van der Waals surface area contributed by atoms with Gasteiger partial charge in [-0.15, -0.1) is 11.3 Å². The van der Waals surface area contributed by atoms with Gasteiger partial charge in [-0.2, -0.15) is 4.31 Å². The van der Waals surface area contributed by atoms with E-state index in [1.807, 2.05) is 11.4 Å². The van der Waals surface area contributed by atoms with E-state index in [1.165, 1.54) is 15.6 Å². The number of benzene rings is 1. The van der Waals surface area contributed by atoms with E-state index in [1.54, 1.807) is 11.0 Å². The number of nitrogens with one attached hydrogen (secondary N) is 1. The molecule has 0 bridgehead atoms. The van der Waals surface area contributed by atoms with Gasteiger partial charge < -0.3 is 16.0 Å². The summed E-state index contributed by atoms with van der Waals surface area (Å²) in [5, 5.41) is 4.13. The summed E-state index contributed by atoms with van der Waals surface area (Å²) in [7, 11) is -3.85. The molecule has 0 radical (unpaired) electrons. The van der Waals surface area contributed by atoms with Crippen molar-refractivity contribution in [3.63, 3.8) is 0 Å². The highest BCUT2D eigenvalue weighted by Gasteiger charge is 2.31. The van der Waals surface area contributed by atoms with Gasteiger partial charge in [0.15, 0.2) is 0 Å². The lowest BCUT2D eigenvalue weighted by atomic mass is 10.1. The maximum Gasteiger partial charge on any atom is 0.312 e. The van der Waals surface area contributed by atoms with Crippen LogP contribution in [0.4, 0.5) is 9.18 Å². The van der Waals surface area contributed by atoms with Gasteiger partial charge in [0.2, 0.25) is 15.9 Å². The molecule has 1 aliphatic rings. The zero-order valence-corrected chi connectivity index (χ0v) is 18.1. The standard InChI is InChI=1S/C18H20ClFN4O4S2/c19-13-10-12(3-4-14(13)20)30(27,28)24-7-5-23(6-8-24)17(25)11-15(22-18(21)26)16-2-1-9-29-16/h1-4,9-10,15H,5-8,11H2,(H3,21,22,26). The fourth-order valence-corrected chi connectivity index (χ4v) is 5.62. The van der Waals surface area contributed by atoms with Crippen molar-refractivity contribution in [1.82, 2.24) is 14.5 Å². The molecule has 1 aliphatic heterocycles. The van der Waals surface area contributed by atoms with Gasteiger partial charge in [0, 0.05) is 31.1 Å². The number of carbonyl (C=O) groups excluding carboxylic acids is 2. The van der Waals surface area contributed by atoms with Crippen LogP contribution in [-0.4, -0.2) is 55.7 Å². The van der Waals surface area contributed by atoms with E-state index in [0.29, 0.717) is 0 Å². The summed E-state index contributed by atoms with van der Waals surface area (Å²) >= 11 is 7.10. The lowest BCUT2D eigenvalue weighted by molar-refractivity contribution is -0.132. The second-order valence-corrected chi connectivity index (χ2v) is 9.97. The first kappa shape index (κ1) is 22.5. The predicted molar refractivity (Wildman–Crippen MR) is 111 cm³/mol. The Labute approximate surface area is 182 Å². The topological polar surface area (TPSA) is 113 Å². The third-order valence-electron chi connectivity index (χ3n) is 4.70. The molecule has 12 heteroatoms. The Morgan fingerprint density at radius 2 is 1.93 bits per heavy atom. The van der Waals surface area contributed by atoms with E-state index in [2.05, 4.69) is 5.32 Å². The number of sulfonamides is 1. The molecule has 8 nitrogen and oxygen atoms in total. The van der Waals surface area contributed by atoms with Crippen LogP contribution in [-0.2, 0) is 14.8 Å². The molecular weight excluding hydrogens is 455 g/mol. The SMILES string of the molecule is NC(=O)NC(CC(=O)N1CCN(S(=O)(=O)c2ccc(F)c(Cl)c2)CC1)c1cccs1. The smallest absolute Gasteiger partial charge is 0.312 e. The number of hydrogen-bond acceptors (Lipinski definition) is 5. The van der Waals surface area contributed by atoms with Crippen molar-refractivity contribution in [2.45, 2.75) is 17.4 Å². The number of halogens is 2. The molecule has 1 aromatic carbocycles. The predicted octanol–water partition coefficient (Wildman–Crippen LogP) is 2.17. The number of urea groups is 1. The van der Waals surface area contributed by atoms with Gasteiger partial charge in [0.1, 0.15) is 5.82 Å². The van der Waals surface area contributed by atoms with Crippen LogP contribution in [0.1, 0.15) is 17.3 Å². The molecule has 2 aromatic rings. The minimum atomic E-state index is -3.85. The van der Waals surface area contributed by atoms with E-state index in [-0.39, 0.29) is 48.4 Å². The highest BCUT2D eigenvalue weighted by Crippen LogP contribution is 2.25. The third kappa shape index (κ3) is 5.09. The van der Waals surface area contributed by atoms with Crippen LogP contribution >= 0.6 is 22.9 Å². The number of primary amides is 1. The number of piperazine rings is 1. The highest BCUT2D eigenvalue weighted by atomic mass is 35.5. The molecule has 30 heavy (non-hydrogen) atoms. The zero-order chi connectivity index (χ0) is 21.9. The Bertz CT molecular complexity index is 1020. The van der Waals surface area contributed by atoms with E-state index in [4.69, 9.17) is 17.3 Å². The fraction of sp³-hybridized carbons (Fsp3) is 0.333. The molecule has 3 amide bonds. The van der Waals surface area contributed by atoms with Crippen LogP contribution in [0.25, 0.3) is 0 Å². The molecule has 1 saturated heterocycles. The van der Waals surface area contributed by atoms with Crippen molar-refractivity contribution < 1.29 is 22.4 Å². The number of nitrogens with two attached hydrogens (primary N) is 1. The van der Waals surface area contributed by atoms with Crippen molar-refractivity contribution in [2.75, 3.05) is 26.2 Å². The summed E-state index contributed by atoms with van der Waals surface area (Å²) in [6.45, 7) is 0.577. The van der Waals surface area contributed by atoms with Gasteiger partial charge in [0.05, 0.1) is 22.4 Å². The zero-order valence-electron chi connectivity index (χ0n) is 15.8. The Balaban J connectivity index is 1.63. The Morgan fingerprint density at radius 1 is 1.23 bits per heavy atom. The molecule has 0 aliphatic carbocycles. The summed E-state index contributed by atoms with van der Waals surface area (Å²) in [6, 6.07) is 5.58. The second-order valence-electron chi connectivity index (χ2n) is 6.64. The van der Waals surface area contributed by atoms with E-state index < -0.39 is 27.9 Å². The maximum absolute atomic E-state index is 13.3. The number of rotatable bonds is 6. The molecule has 1 atom stereocenters. The number of amides is 3. The number of hydrogen-bond donors (Lipinski definition) is 2. The van der Waals surface area contributed by atoms with Crippen molar-refractivity contribution in [2.24, 2.45) is 5.73 Å². The van der Waals surface area contributed by atoms with Crippen LogP contribution in [0, 0.1) is 5.82 Å². The summed E-state index contributed by atoms with van der Waals surface area (Å²) in [6.07, 6.45) is 0.0176. The molecule has 2 heterocycles. The Kier molecular flexibility index (Phi) is 6.96. The van der Waals surface area contributed by atoms with E-state index >= 15 is 0 Å². The fourth-order valence-electron chi connectivity index (χ4n) is 3.15. The molecule has 0 spiro atoms. The average molecular weight is 475 g/mol.